The minimum absolute atomic E-state index is 0.0776. The molecule has 126 valence electrons. The van der Waals surface area contributed by atoms with Crippen LogP contribution in [0.4, 0.5) is 0 Å². The smallest absolute Gasteiger partial charge is 0.329 e. The number of rotatable bonds is 5. The second kappa shape index (κ2) is 6.32. The topological polar surface area (TPSA) is 102 Å². The first kappa shape index (κ1) is 16.0. The van der Waals surface area contributed by atoms with Crippen LogP contribution < -0.4 is 16.0 Å². The molecule has 8 heteroatoms. The average Bonchev–Trinajstić information content (AvgIpc) is 2.96. The molecule has 24 heavy (non-hydrogen) atoms. The maximum Gasteiger partial charge on any atom is 0.329 e. The van der Waals surface area contributed by atoms with Gasteiger partial charge >= 0.3 is 5.69 Å². The number of imidazole rings is 1. The number of aliphatic hydroxyl groups excluding tert-OH is 1. The maximum atomic E-state index is 12.0. The minimum atomic E-state index is -0.835. The predicted molar refractivity (Wildman–Crippen MR) is 88.3 cm³/mol. The number of aliphatic hydroxyl groups is 1. The largest absolute Gasteiger partial charge is 0.491 e. The zero-order valence-corrected chi connectivity index (χ0v) is 13.4. The summed E-state index contributed by atoms with van der Waals surface area (Å²) < 4.78 is 8.37. The van der Waals surface area contributed by atoms with Gasteiger partial charge in [0, 0.05) is 7.05 Å². The highest BCUT2D eigenvalue weighted by Gasteiger charge is 2.14. The fourth-order valence-electron chi connectivity index (χ4n) is 2.51. The van der Waals surface area contributed by atoms with Crippen LogP contribution in [0.5, 0.6) is 5.75 Å². The molecule has 0 aliphatic carbocycles. The van der Waals surface area contributed by atoms with Crippen LogP contribution in [-0.2, 0) is 13.6 Å². The Morgan fingerprint density at radius 2 is 2.08 bits per heavy atom. The van der Waals surface area contributed by atoms with Gasteiger partial charge in [-0.25, -0.2) is 9.78 Å². The van der Waals surface area contributed by atoms with Crippen molar-refractivity contribution in [1.29, 1.82) is 0 Å². The van der Waals surface area contributed by atoms with Gasteiger partial charge in [-0.05, 0) is 18.6 Å². The third-order valence-corrected chi connectivity index (χ3v) is 3.81. The number of nitrogens with one attached hydrogen (secondary N) is 1. The SMILES string of the molecule is Cc1ccccc1OCC(O)Cn1cnc2c1c(=O)[nH]c(=O)n2C. The van der Waals surface area contributed by atoms with E-state index in [1.807, 2.05) is 31.2 Å². The highest BCUT2D eigenvalue weighted by atomic mass is 16.5. The van der Waals surface area contributed by atoms with Gasteiger partial charge in [0.1, 0.15) is 18.5 Å². The lowest BCUT2D eigenvalue weighted by molar-refractivity contribution is 0.0930. The molecule has 0 fully saturated rings. The highest BCUT2D eigenvalue weighted by molar-refractivity contribution is 5.69. The number of fused-ring (bicyclic) bond motifs is 1. The molecule has 0 radical (unpaired) electrons. The van der Waals surface area contributed by atoms with E-state index < -0.39 is 17.4 Å². The van der Waals surface area contributed by atoms with Gasteiger partial charge in [-0.15, -0.1) is 0 Å². The monoisotopic (exact) mass is 330 g/mol. The molecule has 0 bridgehead atoms. The van der Waals surface area contributed by atoms with Crippen molar-refractivity contribution in [2.24, 2.45) is 7.05 Å². The Labute approximate surface area is 137 Å². The van der Waals surface area contributed by atoms with Crippen molar-refractivity contribution < 1.29 is 9.84 Å². The van der Waals surface area contributed by atoms with E-state index in [2.05, 4.69) is 9.97 Å². The lowest BCUT2D eigenvalue weighted by Gasteiger charge is -2.14. The molecule has 3 aromatic rings. The van der Waals surface area contributed by atoms with Crippen LogP contribution in [0, 0.1) is 6.92 Å². The van der Waals surface area contributed by atoms with E-state index in [4.69, 9.17) is 4.74 Å². The van der Waals surface area contributed by atoms with Crippen molar-refractivity contribution in [3.63, 3.8) is 0 Å². The molecule has 0 amide bonds. The number of nitrogens with zero attached hydrogens (tertiary/aromatic N) is 3. The van der Waals surface area contributed by atoms with Crippen molar-refractivity contribution in [1.82, 2.24) is 19.1 Å². The van der Waals surface area contributed by atoms with Crippen LogP contribution in [0.1, 0.15) is 5.56 Å². The van der Waals surface area contributed by atoms with Gasteiger partial charge in [-0.1, -0.05) is 18.2 Å². The summed E-state index contributed by atoms with van der Waals surface area (Å²) in [6, 6.07) is 7.52. The molecule has 0 aliphatic heterocycles. The van der Waals surface area contributed by atoms with Gasteiger partial charge in [0.2, 0.25) is 0 Å². The molecule has 2 N–H and O–H groups in total. The van der Waals surface area contributed by atoms with Crippen LogP contribution in [0.2, 0.25) is 0 Å². The minimum Gasteiger partial charge on any atom is -0.491 e. The van der Waals surface area contributed by atoms with Crippen LogP contribution in [-0.4, -0.2) is 36.9 Å². The standard InChI is InChI=1S/C16H18N4O4/c1-10-5-3-4-6-12(10)24-8-11(21)7-20-9-17-14-13(20)15(22)18-16(23)19(14)2/h3-6,9,11,21H,7-8H2,1-2H3,(H,18,22,23). The number of para-hydroxylation sites is 1. The van der Waals surface area contributed by atoms with E-state index in [0.717, 1.165) is 5.56 Å². The zero-order valence-electron chi connectivity index (χ0n) is 13.4. The summed E-state index contributed by atoms with van der Waals surface area (Å²) in [4.78, 5) is 29.9. The van der Waals surface area contributed by atoms with Gasteiger partial charge in [0.05, 0.1) is 12.9 Å². The first-order valence-electron chi connectivity index (χ1n) is 7.48. The first-order valence-corrected chi connectivity index (χ1v) is 7.48. The molecule has 1 unspecified atom stereocenters. The third kappa shape index (κ3) is 2.95. The van der Waals surface area contributed by atoms with Crippen LogP contribution in [0.3, 0.4) is 0 Å². The molecular formula is C16H18N4O4. The molecular weight excluding hydrogens is 312 g/mol. The zero-order chi connectivity index (χ0) is 17.3. The highest BCUT2D eigenvalue weighted by Crippen LogP contribution is 2.16. The number of benzene rings is 1. The average molecular weight is 330 g/mol. The lowest BCUT2D eigenvalue weighted by atomic mass is 10.2. The van der Waals surface area contributed by atoms with Crippen LogP contribution in [0.15, 0.2) is 40.2 Å². The van der Waals surface area contributed by atoms with Crippen molar-refractivity contribution in [3.8, 4) is 5.75 Å². The second-order valence-corrected chi connectivity index (χ2v) is 5.62. The molecule has 0 aliphatic rings. The molecule has 1 aromatic carbocycles. The van der Waals surface area contributed by atoms with E-state index in [-0.39, 0.29) is 24.3 Å². The van der Waals surface area contributed by atoms with E-state index >= 15 is 0 Å². The number of hydrogen-bond donors (Lipinski definition) is 2. The predicted octanol–water partition coefficient (Wildman–Crippen LogP) is 0.172. The van der Waals surface area contributed by atoms with Gasteiger partial charge in [-0.2, -0.15) is 0 Å². The summed E-state index contributed by atoms with van der Waals surface area (Å²) in [5, 5.41) is 10.2. The molecule has 0 saturated heterocycles. The van der Waals surface area contributed by atoms with Gasteiger partial charge in [0.25, 0.3) is 5.56 Å². The van der Waals surface area contributed by atoms with Crippen LogP contribution in [0.25, 0.3) is 11.2 Å². The summed E-state index contributed by atoms with van der Waals surface area (Å²) in [6.07, 6.45) is 0.592. The van der Waals surface area contributed by atoms with Gasteiger partial charge < -0.3 is 14.4 Å². The van der Waals surface area contributed by atoms with E-state index in [9.17, 15) is 14.7 Å². The van der Waals surface area contributed by atoms with Crippen molar-refractivity contribution in [3.05, 3.63) is 57.0 Å². The van der Waals surface area contributed by atoms with Crippen molar-refractivity contribution >= 4 is 11.2 Å². The fraction of sp³-hybridized carbons (Fsp3) is 0.312. The summed E-state index contributed by atoms with van der Waals surface area (Å²) >= 11 is 0. The molecule has 8 nitrogen and oxygen atoms in total. The Kier molecular flexibility index (Phi) is 4.22. The molecule has 0 saturated carbocycles. The lowest BCUT2D eigenvalue weighted by Crippen LogP contribution is -2.30. The number of ether oxygens (including phenoxy) is 1. The summed E-state index contributed by atoms with van der Waals surface area (Å²) in [6.45, 7) is 2.13. The second-order valence-electron chi connectivity index (χ2n) is 5.62. The first-order chi connectivity index (χ1) is 11.5. The summed E-state index contributed by atoms with van der Waals surface area (Å²) in [5.41, 5.74) is 0.436. The molecule has 1 atom stereocenters. The summed E-state index contributed by atoms with van der Waals surface area (Å²) in [5.74, 6) is 0.701. The third-order valence-electron chi connectivity index (χ3n) is 3.81. The Morgan fingerprint density at radius 3 is 2.83 bits per heavy atom. The molecule has 0 spiro atoms. The molecule has 2 heterocycles. The number of aryl methyl sites for hydroxylation is 2. The number of hydrogen-bond acceptors (Lipinski definition) is 5. The Morgan fingerprint density at radius 1 is 1.33 bits per heavy atom. The number of aromatic nitrogens is 4. The molecule has 3 rings (SSSR count). The fourth-order valence-corrected chi connectivity index (χ4v) is 2.51. The van der Waals surface area contributed by atoms with Crippen molar-refractivity contribution in [2.45, 2.75) is 19.6 Å². The van der Waals surface area contributed by atoms with Crippen molar-refractivity contribution in [2.75, 3.05) is 6.61 Å². The maximum absolute atomic E-state index is 12.0. The number of aromatic amines is 1. The Hall–Kier alpha value is -2.87. The Bertz CT molecular complexity index is 986. The van der Waals surface area contributed by atoms with Gasteiger partial charge in [0.15, 0.2) is 11.2 Å². The van der Waals surface area contributed by atoms with E-state index in [1.165, 1.54) is 22.5 Å². The van der Waals surface area contributed by atoms with Crippen LogP contribution >= 0.6 is 0 Å². The van der Waals surface area contributed by atoms with E-state index in [0.29, 0.717) is 5.75 Å². The number of H-pyrrole nitrogens is 1. The molecule has 2 aromatic heterocycles. The summed E-state index contributed by atoms with van der Waals surface area (Å²) in [7, 11) is 1.52. The Balaban J connectivity index is 1.78. The van der Waals surface area contributed by atoms with E-state index in [1.54, 1.807) is 0 Å². The normalized spacial score (nSPS) is 12.5. The van der Waals surface area contributed by atoms with Gasteiger partial charge in [-0.3, -0.25) is 14.3 Å². The quantitative estimate of drug-likeness (QED) is 0.694.